The monoisotopic (exact) mass is 343 g/mol. The molecule has 2 N–H and O–H groups in total. The highest BCUT2D eigenvalue weighted by Crippen LogP contribution is 2.32. The van der Waals surface area contributed by atoms with Gasteiger partial charge < -0.3 is 10.4 Å². The van der Waals surface area contributed by atoms with Crippen LogP contribution >= 0.6 is 11.6 Å². The Balaban J connectivity index is 2.17. The largest absolute Gasteiger partial charge is 0.395 e. The Bertz CT molecular complexity index is 918. The number of fused-ring (bicyclic) bond motifs is 1. The van der Waals surface area contributed by atoms with Crippen molar-refractivity contribution in [2.45, 2.75) is 6.92 Å². The van der Waals surface area contributed by atoms with Crippen LogP contribution in [-0.2, 0) is 7.05 Å². The average molecular weight is 344 g/mol. The topological polar surface area (TPSA) is 67.2 Å². The summed E-state index contributed by atoms with van der Waals surface area (Å²) in [5, 5.41) is 17.6. The second-order valence-corrected chi connectivity index (χ2v) is 6.05. The second-order valence-electron chi connectivity index (χ2n) is 5.61. The van der Waals surface area contributed by atoms with Crippen LogP contribution in [0.3, 0.4) is 0 Å². The van der Waals surface area contributed by atoms with Crippen LogP contribution in [0.15, 0.2) is 36.4 Å². The SMILES string of the molecule is Cc1cc(Cl)ccc1-c1cccc2c(C(=O)NCCO)n(C)nc12. The number of carbonyl (C=O) groups is 1. The average Bonchev–Trinajstić information content (AvgIpc) is 2.89. The molecule has 0 atom stereocenters. The van der Waals surface area contributed by atoms with E-state index in [1.54, 1.807) is 11.7 Å². The molecule has 0 aliphatic carbocycles. The Kier molecular flexibility index (Phi) is 4.55. The van der Waals surface area contributed by atoms with Crippen LogP contribution in [0.1, 0.15) is 16.1 Å². The molecule has 0 aliphatic rings. The van der Waals surface area contributed by atoms with E-state index in [4.69, 9.17) is 16.7 Å². The minimum Gasteiger partial charge on any atom is -0.395 e. The highest BCUT2D eigenvalue weighted by atomic mass is 35.5. The molecule has 0 unspecified atom stereocenters. The van der Waals surface area contributed by atoms with E-state index in [9.17, 15) is 4.79 Å². The van der Waals surface area contributed by atoms with Gasteiger partial charge in [-0.2, -0.15) is 5.10 Å². The summed E-state index contributed by atoms with van der Waals surface area (Å²) in [6.07, 6.45) is 0. The van der Waals surface area contributed by atoms with Gasteiger partial charge in [0.2, 0.25) is 0 Å². The Labute approximate surface area is 144 Å². The Morgan fingerprint density at radius 1 is 1.29 bits per heavy atom. The lowest BCUT2D eigenvalue weighted by molar-refractivity contribution is 0.0937. The first-order valence-electron chi connectivity index (χ1n) is 7.64. The molecule has 3 aromatic rings. The first-order chi connectivity index (χ1) is 11.5. The number of nitrogens with zero attached hydrogens (tertiary/aromatic N) is 2. The maximum Gasteiger partial charge on any atom is 0.270 e. The number of rotatable bonds is 4. The van der Waals surface area contributed by atoms with E-state index in [-0.39, 0.29) is 19.1 Å². The molecule has 1 heterocycles. The summed E-state index contributed by atoms with van der Waals surface area (Å²) in [5.41, 5.74) is 4.28. The molecule has 1 aromatic heterocycles. The van der Waals surface area contributed by atoms with E-state index >= 15 is 0 Å². The molecule has 0 saturated carbocycles. The van der Waals surface area contributed by atoms with Crippen LogP contribution in [0, 0.1) is 6.92 Å². The summed E-state index contributed by atoms with van der Waals surface area (Å²) < 4.78 is 1.58. The van der Waals surface area contributed by atoms with Gasteiger partial charge in [-0.3, -0.25) is 9.48 Å². The van der Waals surface area contributed by atoms with Gasteiger partial charge in [-0.05, 0) is 30.2 Å². The Morgan fingerprint density at radius 3 is 2.79 bits per heavy atom. The summed E-state index contributed by atoms with van der Waals surface area (Å²) in [7, 11) is 1.74. The van der Waals surface area contributed by atoms with Gasteiger partial charge in [-0.15, -0.1) is 0 Å². The van der Waals surface area contributed by atoms with Crippen LogP contribution in [0.2, 0.25) is 5.02 Å². The molecule has 5 nitrogen and oxygen atoms in total. The molecule has 0 saturated heterocycles. The van der Waals surface area contributed by atoms with Crippen molar-refractivity contribution in [3.8, 4) is 11.1 Å². The number of benzene rings is 2. The molecule has 6 heteroatoms. The quantitative estimate of drug-likeness (QED) is 0.765. The minimum atomic E-state index is -0.251. The number of aliphatic hydroxyl groups excluding tert-OH is 1. The molecule has 2 aromatic carbocycles. The van der Waals surface area contributed by atoms with Crippen molar-refractivity contribution in [2.24, 2.45) is 7.05 Å². The molecule has 0 bridgehead atoms. The van der Waals surface area contributed by atoms with Gasteiger partial charge in [0, 0.05) is 29.6 Å². The van der Waals surface area contributed by atoms with Gasteiger partial charge in [0.05, 0.1) is 6.61 Å². The van der Waals surface area contributed by atoms with Crippen molar-refractivity contribution >= 4 is 28.4 Å². The minimum absolute atomic E-state index is 0.100. The third kappa shape index (κ3) is 2.88. The van der Waals surface area contributed by atoms with Crippen molar-refractivity contribution in [1.82, 2.24) is 15.1 Å². The summed E-state index contributed by atoms with van der Waals surface area (Å²) in [5.74, 6) is -0.251. The van der Waals surface area contributed by atoms with Crippen molar-refractivity contribution < 1.29 is 9.90 Å². The fourth-order valence-electron chi connectivity index (χ4n) is 2.89. The molecule has 0 radical (unpaired) electrons. The number of hydrogen-bond acceptors (Lipinski definition) is 3. The summed E-state index contributed by atoms with van der Waals surface area (Å²) >= 11 is 6.05. The number of carbonyl (C=O) groups excluding carboxylic acids is 1. The normalized spacial score (nSPS) is 11.0. The smallest absolute Gasteiger partial charge is 0.270 e. The second kappa shape index (κ2) is 6.63. The number of hydrogen-bond donors (Lipinski definition) is 2. The lowest BCUT2D eigenvalue weighted by atomic mass is 9.98. The third-order valence-corrected chi connectivity index (χ3v) is 4.19. The Hall–Kier alpha value is -2.37. The predicted molar refractivity (Wildman–Crippen MR) is 95.3 cm³/mol. The zero-order valence-electron chi connectivity index (χ0n) is 13.5. The maximum atomic E-state index is 12.4. The number of aryl methyl sites for hydroxylation is 2. The fraction of sp³-hybridized carbons (Fsp3) is 0.222. The van der Waals surface area contributed by atoms with Crippen LogP contribution in [-0.4, -0.2) is 33.9 Å². The molecule has 124 valence electrons. The predicted octanol–water partition coefficient (Wildman–Crippen LogP) is 2.92. The number of nitrogens with one attached hydrogen (secondary N) is 1. The standard InChI is InChI=1S/C18H18ClN3O2/c1-11-10-12(19)6-7-13(11)14-4-3-5-15-16(14)21-22(2)17(15)18(24)20-8-9-23/h3-7,10,23H,8-9H2,1-2H3,(H,20,24). The molecular formula is C18H18ClN3O2. The molecule has 0 aliphatic heterocycles. The number of aliphatic hydroxyl groups is 1. The number of aromatic nitrogens is 2. The van der Waals surface area contributed by atoms with Crippen molar-refractivity contribution in [1.29, 1.82) is 0 Å². The first kappa shape index (κ1) is 16.5. The van der Waals surface area contributed by atoms with E-state index in [2.05, 4.69) is 10.4 Å². The lowest BCUT2D eigenvalue weighted by Gasteiger charge is -2.07. The number of halogens is 1. The fourth-order valence-corrected chi connectivity index (χ4v) is 3.11. The molecule has 0 spiro atoms. The number of amides is 1. The van der Waals surface area contributed by atoms with Crippen molar-refractivity contribution in [2.75, 3.05) is 13.2 Å². The maximum absolute atomic E-state index is 12.4. The van der Waals surface area contributed by atoms with E-state index in [1.807, 2.05) is 43.3 Å². The van der Waals surface area contributed by atoms with Gasteiger partial charge in [0.1, 0.15) is 11.2 Å². The molecule has 0 fully saturated rings. The lowest BCUT2D eigenvalue weighted by Crippen LogP contribution is -2.28. The van der Waals surface area contributed by atoms with Crippen molar-refractivity contribution in [3.63, 3.8) is 0 Å². The van der Waals surface area contributed by atoms with E-state index < -0.39 is 0 Å². The Morgan fingerprint density at radius 2 is 2.08 bits per heavy atom. The summed E-state index contributed by atoms with van der Waals surface area (Å²) in [4.78, 5) is 12.4. The molecule has 3 rings (SSSR count). The first-order valence-corrected chi connectivity index (χ1v) is 8.02. The van der Waals surface area contributed by atoms with Gasteiger partial charge in [-0.1, -0.05) is 35.9 Å². The van der Waals surface area contributed by atoms with E-state index in [0.29, 0.717) is 10.7 Å². The zero-order chi connectivity index (χ0) is 17.3. The van der Waals surface area contributed by atoms with E-state index in [0.717, 1.165) is 27.6 Å². The highest BCUT2D eigenvalue weighted by Gasteiger charge is 2.19. The molecule has 1 amide bonds. The van der Waals surface area contributed by atoms with Gasteiger partial charge in [0.25, 0.3) is 5.91 Å². The van der Waals surface area contributed by atoms with Crippen LogP contribution in [0.25, 0.3) is 22.0 Å². The summed E-state index contributed by atoms with van der Waals surface area (Å²) in [6.45, 7) is 2.11. The van der Waals surface area contributed by atoms with E-state index in [1.165, 1.54) is 0 Å². The zero-order valence-corrected chi connectivity index (χ0v) is 14.3. The van der Waals surface area contributed by atoms with Crippen LogP contribution in [0.4, 0.5) is 0 Å². The van der Waals surface area contributed by atoms with Crippen LogP contribution in [0.5, 0.6) is 0 Å². The molecule has 24 heavy (non-hydrogen) atoms. The van der Waals surface area contributed by atoms with Crippen LogP contribution < -0.4 is 5.32 Å². The third-order valence-electron chi connectivity index (χ3n) is 3.96. The summed E-state index contributed by atoms with van der Waals surface area (Å²) in [6, 6.07) is 11.5. The van der Waals surface area contributed by atoms with Gasteiger partial charge in [0.15, 0.2) is 0 Å². The molecular weight excluding hydrogens is 326 g/mol. The van der Waals surface area contributed by atoms with Gasteiger partial charge >= 0.3 is 0 Å². The highest BCUT2D eigenvalue weighted by molar-refractivity contribution is 6.30. The van der Waals surface area contributed by atoms with Crippen molar-refractivity contribution in [3.05, 3.63) is 52.7 Å². The van der Waals surface area contributed by atoms with Gasteiger partial charge in [-0.25, -0.2) is 0 Å².